The van der Waals surface area contributed by atoms with Crippen LogP contribution in [-0.4, -0.2) is 23.2 Å². The summed E-state index contributed by atoms with van der Waals surface area (Å²) < 4.78 is 0. The third-order valence-electron chi connectivity index (χ3n) is 2.98. The van der Waals surface area contributed by atoms with Gasteiger partial charge in [-0.3, -0.25) is 9.59 Å². The Balaban J connectivity index is 1.90. The van der Waals surface area contributed by atoms with Gasteiger partial charge in [0.2, 0.25) is 5.91 Å². The van der Waals surface area contributed by atoms with Crippen LogP contribution < -0.4 is 5.32 Å². The molecule has 5 heteroatoms. The van der Waals surface area contributed by atoms with Crippen molar-refractivity contribution in [2.75, 3.05) is 11.6 Å². The number of nitrogens with one attached hydrogen (secondary N) is 1. The van der Waals surface area contributed by atoms with E-state index in [9.17, 15) is 9.59 Å². The summed E-state index contributed by atoms with van der Waals surface area (Å²) in [6, 6.07) is 7.63. The molecule has 1 aromatic carbocycles. The summed E-state index contributed by atoms with van der Waals surface area (Å²) in [5.41, 5.74) is 1.93. The summed E-state index contributed by atoms with van der Waals surface area (Å²) in [7, 11) is 0. The van der Waals surface area contributed by atoms with Gasteiger partial charge in [0.15, 0.2) is 0 Å². The van der Waals surface area contributed by atoms with Crippen LogP contribution in [0.4, 0.5) is 5.69 Å². The van der Waals surface area contributed by atoms with E-state index in [-0.39, 0.29) is 11.8 Å². The van der Waals surface area contributed by atoms with Gasteiger partial charge in [-0.25, -0.2) is 0 Å². The molecule has 1 aromatic rings. The fourth-order valence-electron chi connectivity index (χ4n) is 1.84. The van der Waals surface area contributed by atoms with E-state index in [1.54, 1.807) is 11.8 Å². The monoisotopic (exact) mass is 265 g/mol. The first-order valence-corrected chi connectivity index (χ1v) is 7.12. The van der Waals surface area contributed by atoms with Crippen molar-refractivity contribution in [1.29, 1.82) is 0 Å². The van der Waals surface area contributed by atoms with Crippen LogP contribution >= 0.6 is 11.8 Å². The minimum absolute atomic E-state index is 0.194. The number of carboxylic acids is 1. The molecule has 0 aliphatic heterocycles. The average molecular weight is 265 g/mol. The van der Waals surface area contributed by atoms with E-state index in [0.717, 1.165) is 11.4 Å². The molecule has 2 unspecified atom stereocenters. The van der Waals surface area contributed by atoms with Gasteiger partial charge in [0, 0.05) is 11.4 Å². The van der Waals surface area contributed by atoms with E-state index < -0.39 is 11.9 Å². The molecule has 1 amide bonds. The molecule has 2 atom stereocenters. The summed E-state index contributed by atoms with van der Waals surface area (Å²) in [5, 5.41) is 11.5. The van der Waals surface area contributed by atoms with Gasteiger partial charge in [-0.2, -0.15) is 11.8 Å². The Morgan fingerprint density at radius 3 is 2.50 bits per heavy atom. The normalized spacial score (nSPS) is 21.4. The molecule has 1 aliphatic rings. The number of hydrogen-bond acceptors (Lipinski definition) is 3. The highest BCUT2D eigenvalue weighted by molar-refractivity contribution is 7.97. The molecule has 96 valence electrons. The van der Waals surface area contributed by atoms with Gasteiger partial charge in [-0.1, -0.05) is 12.1 Å². The van der Waals surface area contributed by atoms with Crippen molar-refractivity contribution < 1.29 is 14.7 Å². The molecule has 2 N–H and O–H groups in total. The second-order valence-electron chi connectivity index (χ2n) is 4.41. The topological polar surface area (TPSA) is 66.4 Å². The third-order valence-corrected chi connectivity index (χ3v) is 3.60. The summed E-state index contributed by atoms with van der Waals surface area (Å²) in [6.45, 7) is 0. The van der Waals surface area contributed by atoms with E-state index in [4.69, 9.17) is 5.11 Å². The van der Waals surface area contributed by atoms with Crippen LogP contribution in [0, 0.1) is 11.8 Å². The summed E-state index contributed by atoms with van der Waals surface area (Å²) in [4.78, 5) is 22.4. The lowest BCUT2D eigenvalue weighted by Crippen LogP contribution is -2.16. The molecule has 0 saturated heterocycles. The van der Waals surface area contributed by atoms with Gasteiger partial charge >= 0.3 is 5.97 Å². The number of hydrogen-bond donors (Lipinski definition) is 2. The molecule has 0 bridgehead atoms. The lowest BCUT2D eigenvalue weighted by molar-refractivity contribution is -0.139. The number of thioether (sulfide) groups is 1. The number of rotatable bonds is 5. The number of carboxylic acid groups (broad SMARTS) is 1. The largest absolute Gasteiger partial charge is 0.481 e. The smallest absolute Gasteiger partial charge is 0.307 e. The number of aliphatic carboxylic acids is 1. The van der Waals surface area contributed by atoms with Crippen LogP contribution in [0.3, 0.4) is 0 Å². The number of benzene rings is 1. The SMILES string of the molecule is CSCc1ccc(NC(=O)C2CC2C(=O)O)cc1. The van der Waals surface area contributed by atoms with Gasteiger partial charge in [-0.15, -0.1) is 0 Å². The molecule has 0 heterocycles. The predicted octanol–water partition coefficient (Wildman–Crippen LogP) is 2.21. The molecule has 2 rings (SSSR count). The quantitative estimate of drug-likeness (QED) is 0.856. The van der Waals surface area contributed by atoms with E-state index in [2.05, 4.69) is 5.32 Å². The minimum atomic E-state index is -0.884. The van der Waals surface area contributed by atoms with Gasteiger partial charge in [-0.05, 0) is 30.4 Å². The number of carbonyl (C=O) groups is 2. The van der Waals surface area contributed by atoms with Crippen LogP contribution in [0.5, 0.6) is 0 Å². The Kier molecular flexibility index (Phi) is 3.91. The van der Waals surface area contributed by atoms with Gasteiger partial charge in [0.05, 0.1) is 11.8 Å². The highest BCUT2D eigenvalue weighted by Gasteiger charge is 2.48. The first kappa shape index (κ1) is 13.0. The van der Waals surface area contributed by atoms with Gasteiger partial charge in [0.1, 0.15) is 0 Å². The van der Waals surface area contributed by atoms with Crippen LogP contribution in [0.2, 0.25) is 0 Å². The maximum absolute atomic E-state index is 11.7. The number of amides is 1. The zero-order chi connectivity index (χ0) is 13.1. The zero-order valence-electron chi connectivity index (χ0n) is 10.1. The first-order chi connectivity index (χ1) is 8.61. The second-order valence-corrected chi connectivity index (χ2v) is 5.27. The van der Waals surface area contributed by atoms with Gasteiger partial charge < -0.3 is 10.4 Å². The van der Waals surface area contributed by atoms with Crippen molar-refractivity contribution in [3.63, 3.8) is 0 Å². The molecule has 0 radical (unpaired) electrons. The van der Waals surface area contributed by atoms with Crippen LogP contribution in [0.25, 0.3) is 0 Å². The summed E-state index contributed by atoms with van der Waals surface area (Å²) in [6.07, 6.45) is 2.49. The highest BCUT2D eigenvalue weighted by Crippen LogP contribution is 2.39. The van der Waals surface area contributed by atoms with Crippen molar-refractivity contribution in [2.24, 2.45) is 11.8 Å². The summed E-state index contributed by atoms with van der Waals surface area (Å²) >= 11 is 1.74. The number of anilines is 1. The average Bonchev–Trinajstić information content (AvgIpc) is 3.12. The van der Waals surface area contributed by atoms with Crippen LogP contribution in [-0.2, 0) is 15.3 Å². The first-order valence-electron chi connectivity index (χ1n) is 5.73. The van der Waals surface area contributed by atoms with Crippen LogP contribution in [0.15, 0.2) is 24.3 Å². The Morgan fingerprint density at radius 1 is 1.33 bits per heavy atom. The second kappa shape index (κ2) is 5.44. The zero-order valence-corrected chi connectivity index (χ0v) is 10.9. The Hall–Kier alpha value is -1.49. The minimum Gasteiger partial charge on any atom is -0.481 e. The molecule has 1 aliphatic carbocycles. The molecule has 0 spiro atoms. The fourth-order valence-corrected chi connectivity index (χ4v) is 2.37. The Bertz CT molecular complexity index is 458. The predicted molar refractivity (Wildman–Crippen MR) is 71.5 cm³/mol. The van der Waals surface area contributed by atoms with Crippen molar-refractivity contribution in [2.45, 2.75) is 12.2 Å². The van der Waals surface area contributed by atoms with Crippen molar-refractivity contribution in [3.05, 3.63) is 29.8 Å². The number of carbonyl (C=O) groups excluding carboxylic acids is 1. The van der Waals surface area contributed by atoms with E-state index in [1.165, 1.54) is 5.56 Å². The third kappa shape index (κ3) is 3.04. The van der Waals surface area contributed by atoms with Gasteiger partial charge in [0.25, 0.3) is 0 Å². The van der Waals surface area contributed by atoms with E-state index in [1.807, 2.05) is 30.5 Å². The maximum atomic E-state index is 11.7. The molecule has 1 saturated carbocycles. The molecular weight excluding hydrogens is 250 g/mol. The van der Waals surface area contributed by atoms with Crippen molar-refractivity contribution in [3.8, 4) is 0 Å². The van der Waals surface area contributed by atoms with Crippen LogP contribution in [0.1, 0.15) is 12.0 Å². The van der Waals surface area contributed by atoms with E-state index in [0.29, 0.717) is 6.42 Å². The Morgan fingerprint density at radius 2 is 2.00 bits per heavy atom. The lowest BCUT2D eigenvalue weighted by Gasteiger charge is -2.05. The lowest BCUT2D eigenvalue weighted by atomic mass is 10.2. The molecule has 18 heavy (non-hydrogen) atoms. The van der Waals surface area contributed by atoms with Crippen molar-refractivity contribution in [1.82, 2.24) is 0 Å². The maximum Gasteiger partial charge on any atom is 0.307 e. The fraction of sp³-hybridized carbons (Fsp3) is 0.385. The molecule has 4 nitrogen and oxygen atoms in total. The Labute approximate surface area is 110 Å². The molecule has 0 aromatic heterocycles. The molecular formula is C13H15NO3S. The highest BCUT2D eigenvalue weighted by atomic mass is 32.2. The van der Waals surface area contributed by atoms with Crippen molar-refractivity contribution >= 4 is 29.3 Å². The standard InChI is InChI=1S/C13H15NO3S/c1-18-7-8-2-4-9(5-3-8)14-12(15)10-6-11(10)13(16)17/h2-5,10-11H,6-7H2,1H3,(H,14,15)(H,16,17). The summed E-state index contributed by atoms with van der Waals surface area (Å²) in [5.74, 6) is -1.00. The van der Waals surface area contributed by atoms with E-state index >= 15 is 0 Å². The molecule has 1 fully saturated rings.